The minimum atomic E-state index is 0.202. The Morgan fingerprint density at radius 3 is 1.96 bits per heavy atom. The second-order valence-corrected chi connectivity index (χ2v) is 7.05. The number of nitrogens with zero attached hydrogens (tertiary/aromatic N) is 1. The minimum absolute atomic E-state index is 0.202. The summed E-state index contributed by atoms with van der Waals surface area (Å²) in [5.41, 5.74) is 1.18. The molecule has 2 atom stereocenters. The summed E-state index contributed by atoms with van der Waals surface area (Å²) in [6, 6.07) is 19.3. The monoisotopic (exact) mass is 335 g/mol. The average molecular weight is 335 g/mol. The molecule has 1 heterocycles. The first-order valence-corrected chi connectivity index (χ1v) is 8.89. The summed E-state index contributed by atoms with van der Waals surface area (Å²) in [6.07, 6.45) is 0.404. The van der Waals surface area contributed by atoms with Crippen molar-refractivity contribution in [3.63, 3.8) is 0 Å². The molecule has 0 aliphatic carbocycles. The van der Waals surface area contributed by atoms with E-state index in [2.05, 4.69) is 73.3 Å². The van der Waals surface area contributed by atoms with Crippen LogP contribution in [-0.4, -0.2) is 35.2 Å². The van der Waals surface area contributed by atoms with Gasteiger partial charge in [-0.25, -0.2) is 0 Å². The Labute approximate surface area is 148 Å². The largest absolute Gasteiger partial charge is 0.372 e. The second-order valence-electron chi connectivity index (χ2n) is 6.66. The van der Waals surface area contributed by atoms with Gasteiger partial charge in [-0.2, -0.15) is 0 Å². The maximum atomic E-state index is 5.97. The van der Waals surface area contributed by atoms with E-state index in [-0.39, 0.29) is 12.2 Å². The molecule has 0 saturated carbocycles. The fraction of sp³-hybridized carbons (Fsp3) is 0.286. The van der Waals surface area contributed by atoms with Crippen molar-refractivity contribution in [1.29, 1.82) is 0 Å². The van der Waals surface area contributed by atoms with Gasteiger partial charge in [0.25, 0.3) is 0 Å². The maximum absolute atomic E-state index is 5.97. The molecular weight excluding hydrogens is 314 g/mol. The van der Waals surface area contributed by atoms with E-state index in [9.17, 15) is 0 Å². The predicted molar refractivity (Wildman–Crippen MR) is 105 cm³/mol. The third-order valence-corrected chi connectivity index (χ3v) is 5.15. The highest BCUT2D eigenvalue weighted by Gasteiger charge is 2.26. The molecular formula is C21H21NOS. The molecule has 2 nitrogen and oxygen atoms in total. The van der Waals surface area contributed by atoms with Crippen LogP contribution in [0.1, 0.15) is 19.4 Å². The first-order valence-electron chi connectivity index (χ1n) is 8.48. The number of thiocarbonyl (C=S) groups is 1. The van der Waals surface area contributed by atoms with E-state index in [1.54, 1.807) is 0 Å². The molecule has 1 saturated heterocycles. The van der Waals surface area contributed by atoms with Gasteiger partial charge in [0.2, 0.25) is 0 Å². The highest BCUT2D eigenvalue weighted by Crippen LogP contribution is 2.30. The van der Waals surface area contributed by atoms with Gasteiger partial charge in [-0.3, -0.25) is 0 Å². The summed E-state index contributed by atoms with van der Waals surface area (Å²) < 4.78 is 5.88. The maximum Gasteiger partial charge on any atom is 0.110 e. The standard InChI is InChI=1S/C21H21NOS/c1-14-12-22(13-15(2)23-14)21(24)20-18-9-5-3-7-16(18)11-17-8-4-6-10-19(17)20/h3-11,14-15H,12-13H2,1-2H3. The summed E-state index contributed by atoms with van der Waals surface area (Å²) in [7, 11) is 0. The van der Waals surface area contributed by atoms with Crippen LogP contribution in [-0.2, 0) is 4.74 Å². The molecule has 3 heteroatoms. The van der Waals surface area contributed by atoms with Gasteiger partial charge in [0.15, 0.2) is 0 Å². The zero-order valence-corrected chi connectivity index (χ0v) is 14.8. The molecule has 122 valence electrons. The molecule has 1 fully saturated rings. The van der Waals surface area contributed by atoms with Crippen LogP contribution in [0, 0.1) is 0 Å². The number of hydrogen-bond donors (Lipinski definition) is 0. The Morgan fingerprint density at radius 1 is 0.917 bits per heavy atom. The Bertz CT molecular complexity index is 856. The molecule has 0 N–H and O–H groups in total. The summed E-state index contributed by atoms with van der Waals surface area (Å²) in [5.74, 6) is 0. The topological polar surface area (TPSA) is 12.5 Å². The number of morpholine rings is 1. The lowest BCUT2D eigenvalue weighted by Crippen LogP contribution is -2.47. The van der Waals surface area contributed by atoms with Crippen LogP contribution >= 0.6 is 12.2 Å². The molecule has 1 aliphatic heterocycles. The van der Waals surface area contributed by atoms with E-state index in [0.29, 0.717) is 0 Å². The lowest BCUT2D eigenvalue weighted by atomic mass is 9.96. The SMILES string of the molecule is CC1CN(C(=S)c2c3ccccc3cc3ccccc23)CC(C)O1. The third kappa shape index (κ3) is 2.68. The van der Waals surface area contributed by atoms with Crippen LogP contribution in [0.2, 0.25) is 0 Å². The van der Waals surface area contributed by atoms with Crippen LogP contribution < -0.4 is 0 Å². The quantitative estimate of drug-likeness (QED) is 0.469. The number of fused-ring (bicyclic) bond motifs is 2. The van der Waals surface area contributed by atoms with Crippen LogP contribution in [0.15, 0.2) is 54.6 Å². The highest BCUT2D eigenvalue weighted by atomic mass is 32.1. The smallest absolute Gasteiger partial charge is 0.110 e. The first kappa shape index (κ1) is 15.6. The molecule has 0 aromatic heterocycles. The molecule has 0 spiro atoms. The van der Waals surface area contributed by atoms with E-state index in [1.807, 2.05) is 0 Å². The van der Waals surface area contributed by atoms with E-state index < -0.39 is 0 Å². The van der Waals surface area contributed by atoms with Crippen LogP contribution in [0.4, 0.5) is 0 Å². The van der Waals surface area contributed by atoms with Gasteiger partial charge >= 0.3 is 0 Å². The zero-order valence-electron chi connectivity index (χ0n) is 14.0. The van der Waals surface area contributed by atoms with Gasteiger partial charge < -0.3 is 9.64 Å². The van der Waals surface area contributed by atoms with Crippen molar-refractivity contribution in [2.75, 3.05) is 13.1 Å². The molecule has 24 heavy (non-hydrogen) atoms. The van der Waals surface area contributed by atoms with E-state index in [0.717, 1.165) is 18.1 Å². The Balaban J connectivity index is 1.91. The number of ether oxygens (including phenoxy) is 1. The minimum Gasteiger partial charge on any atom is -0.372 e. The van der Waals surface area contributed by atoms with Crippen molar-refractivity contribution in [3.05, 3.63) is 60.2 Å². The summed E-state index contributed by atoms with van der Waals surface area (Å²) >= 11 is 5.97. The molecule has 3 aromatic rings. The lowest BCUT2D eigenvalue weighted by Gasteiger charge is -2.37. The van der Waals surface area contributed by atoms with Gasteiger partial charge in [-0.05, 0) is 41.5 Å². The lowest BCUT2D eigenvalue weighted by molar-refractivity contribution is -0.0471. The molecule has 0 amide bonds. The van der Waals surface area contributed by atoms with E-state index in [4.69, 9.17) is 17.0 Å². The van der Waals surface area contributed by atoms with Crippen molar-refractivity contribution >= 4 is 38.8 Å². The summed E-state index contributed by atoms with van der Waals surface area (Å²) in [5, 5.41) is 4.94. The van der Waals surface area contributed by atoms with E-state index in [1.165, 1.54) is 27.1 Å². The predicted octanol–water partition coefficient (Wildman–Crippen LogP) is 4.78. The average Bonchev–Trinajstić information content (AvgIpc) is 2.58. The first-order chi connectivity index (χ1) is 11.6. The second kappa shape index (κ2) is 6.15. The van der Waals surface area contributed by atoms with Crippen molar-refractivity contribution in [1.82, 2.24) is 4.90 Å². The van der Waals surface area contributed by atoms with Crippen molar-refractivity contribution in [2.24, 2.45) is 0 Å². The highest BCUT2D eigenvalue weighted by molar-refractivity contribution is 7.80. The zero-order chi connectivity index (χ0) is 16.7. The Hall–Kier alpha value is -1.97. The molecule has 3 aromatic carbocycles. The van der Waals surface area contributed by atoms with Gasteiger partial charge in [-0.1, -0.05) is 60.7 Å². The van der Waals surface area contributed by atoms with Gasteiger partial charge in [0.05, 0.1) is 12.2 Å². The molecule has 2 unspecified atom stereocenters. The molecule has 1 aliphatic rings. The van der Waals surface area contributed by atoms with Crippen LogP contribution in [0.25, 0.3) is 21.5 Å². The molecule has 0 radical (unpaired) electrons. The van der Waals surface area contributed by atoms with Crippen molar-refractivity contribution in [3.8, 4) is 0 Å². The van der Waals surface area contributed by atoms with Gasteiger partial charge in [-0.15, -0.1) is 0 Å². The molecule has 0 bridgehead atoms. The third-order valence-electron chi connectivity index (χ3n) is 4.69. The Kier molecular flexibility index (Phi) is 3.99. The molecule has 4 rings (SSSR count). The van der Waals surface area contributed by atoms with E-state index >= 15 is 0 Å². The fourth-order valence-corrected chi connectivity index (χ4v) is 4.11. The summed E-state index contributed by atoms with van der Waals surface area (Å²) in [6.45, 7) is 5.93. The van der Waals surface area contributed by atoms with Gasteiger partial charge in [0, 0.05) is 18.7 Å². The normalized spacial score (nSPS) is 21.3. The van der Waals surface area contributed by atoms with Crippen LogP contribution in [0.3, 0.4) is 0 Å². The fourth-order valence-electron chi connectivity index (χ4n) is 3.75. The van der Waals surface area contributed by atoms with Crippen molar-refractivity contribution in [2.45, 2.75) is 26.1 Å². The number of benzene rings is 3. The van der Waals surface area contributed by atoms with Crippen molar-refractivity contribution < 1.29 is 4.74 Å². The van der Waals surface area contributed by atoms with Crippen LogP contribution in [0.5, 0.6) is 0 Å². The summed E-state index contributed by atoms with van der Waals surface area (Å²) in [4.78, 5) is 3.24. The van der Waals surface area contributed by atoms with Gasteiger partial charge in [0.1, 0.15) is 4.99 Å². The Morgan fingerprint density at radius 2 is 1.42 bits per heavy atom. The number of rotatable bonds is 1. The number of hydrogen-bond acceptors (Lipinski definition) is 2.